The maximum Gasteiger partial charge on any atom is 0.322 e. The lowest BCUT2D eigenvalue weighted by atomic mass is 10.2. The Hall–Kier alpha value is -1.15. The van der Waals surface area contributed by atoms with Crippen molar-refractivity contribution in [2.75, 3.05) is 6.54 Å². The van der Waals surface area contributed by atoms with Gasteiger partial charge in [-0.1, -0.05) is 29.8 Å². The van der Waals surface area contributed by atoms with Gasteiger partial charge in [-0.2, -0.15) is 4.31 Å². The number of hydrogen-bond donors (Lipinski definition) is 1. The highest BCUT2D eigenvalue weighted by molar-refractivity contribution is 7.91. The van der Waals surface area contributed by atoms with Crippen LogP contribution in [0, 0.1) is 0 Å². The van der Waals surface area contributed by atoms with Crippen LogP contribution in [0.3, 0.4) is 0 Å². The summed E-state index contributed by atoms with van der Waals surface area (Å²) in [4.78, 5) is 11.2. The van der Waals surface area contributed by atoms with E-state index >= 15 is 0 Å². The van der Waals surface area contributed by atoms with Crippen molar-refractivity contribution in [1.29, 1.82) is 0 Å². The molecule has 0 unspecified atom stereocenters. The van der Waals surface area contributed by atoms with Crippen LogP contribution in [-0.2, 0) is 14.8 Å². The maximum absolute atomic E-state index is 12.7. The zero-order valence-corrected chi connectivity index (χ0v) is 13.2. The van der Waals surface area contributed by atoms with Crippen molar-refractivity contribution in [3.8, 4) is 0 Å². The van der Waals surface area contributed by atoms with Crippen LogP contribution in [0.25, 0.3) is 10.1 Å². The quantitative estimate of drug-likeness (QED) is 0.928. The number of nitrogens with zero attached hydrogens (tertiary/aromatic N) is 1. The van der Waals surface area contributed by atoms with E-state index in [0.717, 1.165) is 20.3 Å². The van der Waals surface area contributed by atoms with E-state index < -0.39 is 22.0 Å². The van der Waals surface area contributed by atoms with Gasteiger partial charge in [-0.15, -0.1) is 11.3 Å². The molecule has 0 bridgehead atoms. The molecule has 8 heteroatoms. The van der Waals surface area contributed by atoms with Gasteiger partial charge in [0.15, 0.2) is 4.21 Å². The van der Waals surface area contributed by atoms with Gasteiger partial charge in [0.05, 0.1) is 5.02 Å². The number of carbonyl (C=O) groups is 1. The first-order valence-electron chi connectivity index (χ1n) is 6.34. The largest absolute Gasteiger partial charge is 0.480 e. The molecule has 0 aliphatic carbocycles. The lowest BCUT2D eigenvalue weighted by Gasteiger charge is -2.20. The van der Waals surface area contributed by atoms with E-state index in [1.807, 2.05) is 6.07 Å². The number of aliphatic carboxylic acids is 1. The van der Waals surface area contributed by atoms with Crippen molar-refractivity contribution in [3.63, 3.8) is 0 Å². The van der Waals surface area contributed by atoms with Gasteiger partial charge in [0.2, 0.25) is 0 Å². The van der Waals surface area contributed by atoms with Crippen molar-refractivity contribution >= 4 is 49.0 Å². The third-order valence-electron chi connectivity index (χ3n) is 3.54. The van der Waals surface area contributed by atoms with Gasteiger partial charge in [0.1, 0.15) is 6.04 Å². The molecule has 112 valence electrons. The highest BCUT2D eigenvalue weighted by Crippen LogP contribution is 2.41. The average molecular weight is 346 g/mol. The summed E-state index contributed by atoms with van der Waals surface area (Å²) in [5.74, 6) is -1.12. The first kappa shape index (κ1) is 14.8. The minimum Gasteiger partial charge on any atom is -0.480 e. The van der Waals surface area contributed by atoms with Crippen LogP contribution in [0.4, 0.5) is 0 Å². The fourth-order valence-electron chi connectivity index (χ4n) is 2.54. The molecule has 3 rings (SSSR count). The maximum atomic E-state index is 12.7. The van der Waals surface area contributed by atoms with Crippen molar-refractivity contribution in [2.24, 2.45) is 0 Å². The number of halogens is 1. The van der Waals surface area contributed by atoms with E-state index in [4.69, 9.17) is 16.7 Å². The number of carboxylic acids is 1. The summed E-state index contributed by atoms with van der Waals surface area (Å²) in [5.41, 5.74) is 0. The molecule has 0 saturated carbocycles. The molecule has 1 aromatic heterocycles. The minimum absolute atomic E-state index is 0.0264. The van der Waals surface area contributed by atoms with Crippen LogP contribution in [-0.4, -0.2) is 36.4 Å². The van der Waals surface area contributed by atoms with Crippen LogP contribution in [0.2, 0.25) is 5.02 Å². The Kier molecular flexibility index (Phi) is 3.69. The molecule has 0 amide bonds. The SMILES string of the molecule is O=C(O)[C@@H]1CCCN1S(=O)(=O)c1sc2ccccc2c1Cl. The zero-order chi connectivity index (χ0) is 15.2. The second-order valence-corrected chi connectivity index (χ2v) is 8.33. The molecule has 1 atom stereocenters. The highest BCUT2D eigenvalue weighted by atomic mass is 35.5. The monoisotopic (exact) mass is 345 g/mol. The Morgan fingerprint density at radius 3 is 2.76 bits per heavy atom. The lowest BCUT2D eigenvalue weighted by molar-refractivity contribution is -0.140. The molecule has 2 aromatic rings. The van der Waals surface area contributed by atoms with Gasteiger partial charge >= 0.3 is 5.97 Å². The topological polar surface area (TPSA) is 74.7 Å². The molecule has 1 aromatic carbocycles. The third-order valence-corrected chi connectivity index (χ3v) is 7.73. The number of benzene rings is 1. The van der Waals surface area contributed by atoms with Gasteiger partial charge in [-0.3, -0.25) is 4.79 Å². The Labute approximate surface area is 130 Å². The summed E-state index contributed by atoms with van der Waals surface area (Å²) in [5, 5.41) is 10.0. The van der Waals surface area contributed by atoms with Gasteiger partial charge in [0.25, 0.3) is 10.0 Å². The number of thiophene rings is 1. The molecule has 1 aliphatic heterocycles. The van der Waals surface area contributed by atoms with Crippen molar-refractivity contribution in [2.45, 2.75) is 23.1 Å². The van der Waals surface area contributed by atoms with Gasteiger partial charge in [-0.25, -0.2) is 8.42 Å². The van der Waals surface area contributed by atoms with Crippen LogP contribution >= 0.6 is 22.9 Å². The summed E-state index contributed by atoms with van der Waals surface area (Å²) in [7, 11) is -3.89. The van der Waals surface area contributed by atoms with Crippen molar-refractivity contribution in [1.82, 2.24) is 4.31 Å². The molecule has 1 fully saturated rings. The molecule has 1 aliphatic rings. The fourth-order valence-corrected chi connectivity index (χ4v) is 6.42. The van der Waals surface area contributed by atoms with Crippen LogP contribution < -0.4 is 0 Å². The summed E-state index contributed by atoms with van der Waals surface area (Å²) in [6.07, 6.45) is 0.871. The van der Waals surface area contributed by atoms with E-state index in [2.05, 4.69) is 0 Å². The molecule has 0 spiro atoms. The highest BCUT2D eigenvalue weighted by Gasteiger charge is 2.41. The minimum atomic E-state index is -3.89. The molecule has 5 nitrogen and oxygen atoms in total. The van der Waals surface area contributed by atoms with E-state index in [1.165, 1.54) is 0 Å². The molecular formula is C13H12ClNO4S2. The molecule has 1 saturated heterocycles. The Balaban J connectivity index is 2.12. The molecule has 2 heterocycles. The van der Waals surface area contributed by atoms with E-state index in [-0.39, 0.29) is 15.8 Å². The molecule has 1 N–H and O–H groups in total. The second-order valence-electron chi connectivity index (χ2n) is 4.81. The van der Waals surface area contributed by atoms with Gasteiger partial charge in [0, 0.05) is 16.6 Å². The summed E-state index contributed by atoms with van der Waals surface area (Å²) < 4.78 is 27.3. The first-order chi connectivity index (χ1) is 9.93. The standard InChI is InChI=1S/C13H12ClNO4S2/c14-11-8-4-1-2-6-10(8)20-13(11)21(18,19)15-7-3-5-9(15)12(16)17/h1-2,4,6,9H,3,5,7H2,(H,16,17)/t9-/m0/s1. The zero-order valence-electron chi connectivity index (χ0n) is 10.8. The number of hydrogen-bond acceptors (Lipinski definition) is 4. The molecular weight excluding hydrogens is 334 g/mol. The van der Waals surface area contributed by atoms with Gasteiger partial charge < -0.3 is 5.11 Å². The molecule has 0 radical (unpaired) electrons. The van der Waals surface area contributed by atoms with Crippen LogP contribution in [0.5, 0.6) is 0 Å². The van der Waals surface area contributed by atoms with Crippen molar-refractivity contribution in [3.05, 3.63) is 29.3 Å². The second kappa shape index (κ2) is 5.24. The Morgan fingerprint density at radius 2 is 2.10 bits per heavy atom. The van der Waals surface area contributed by atoms with Gasteiger partial charge in [-0.05, 0) is 18.9 Å². The van der Waals surface area contributed by atoms with E-state index in [1.54, 1.807) is 18.2 Å². The number of carboxylic acid groups (broad SMARTS) is 1. The van der Waals surface area contributed by atoms with E-state index in [0.29, 0.717) is 18.2 Å². The average Bonchev–Trinajstić information content (AvgIpc) is 3.05. The normalized spacial score (nSPS) is 20.1. The third kappa shape index (κ3) is 2.34. The lowest BCUT2D eigenvalue weighted by Crippen LogP contribution is -2.40. The van der Waals surface area contributed by atoms with Crippen molar-refractivity contribution < 1.29 is 18.3 Å². The van der Waals surface area contributed by atoms with E-state index in [9.17, 15) is 13.2 Å². The predicted molar refractivity (Wildman–Crippen MR) is 81.4 cm³/mol. The predicted octanol–water partition coefficient (Wildman–Crippen LogP) is 2.79. The Bertz CT molecular complexity index is 815. The van der Waals surface area contributed by atoms with Crippen LogP contribution in [0.15, 0.2) is 28.5 Å². The number of rotatable bonds is 3. The summed E-state index contributed by atoms with van der Waals surface area (Å²) in [6.45, 7) is 0.212. The number of fused-ring (bicyclic) bond motifs is 1. The smallest absolute Gasteiger partial charge is 0.322 e. The Morgan fingerprint density at radius 1 is 1.38 bits per heavy atom. The molecule has 21 heavy (non-hydrogen) atoms. The summed E-state index contributed by atoms with van der Waals surface area (Å²) >= 11 is 7.28. The first-order valence-corrected chi connectivity index (χ1v) is 8.98. The summed E-state index contributed by atoms with van der Waals surface area (Å²) in [6, 6.07) is 6.14. The fraction of sp³-hybridized carbons (Fsp3) is 0.308. The van der Waals surface area contributed by atoms with Crippen LogP contribution in [0.1, 0.15) is 12.8 Å². The number of sulfonamides is 1.